The van der Waals surface area contributed by atoms with Crippen LogP contribution in [0.1, 0.15) is 21.5 Å². The van der Waals surface area contributed by atoms with Crippen molar-refractivity contribution in [2.24, 2.45) is 0 Å². The number of aromatic nitrogens is 2. The minimum Gasteiger partial charge on any atom is -0.396 e. The molecule has 0 fully saturated rings. The van der Waals surface area contributed by atoms with Gasteiger partial charge in [-0.15, -0.1) is 0 Å². The number of fused-ring (bicyclic) bond motifs is 1. The molecule has 0 spiro atoms. The number of H-pyrrole nitrogens is 1. The fourth-order valence-corrected chi connectivity index (χ4v) is 2.21. The number of hydrogen-bond donors (Lipinski definition) is 2. The van der Waals surface area contributed by atoms with Gasteiger partial charge in [-0.25, -0.2) is 13.8 Å². The number of anilines is 1. The Balaban J connectivity index is 2.22. The highest BCUT2D eigenvalue weighted by Gasteiger charge is 2.23. The van der Waals surface area contributed by atoms with Crippen LogP contribution in [-0.4, -0.2) is 15.8 Å². The third kappa shape index (κ3) is 2.05. The number of carbonyl (C=O) groups is 1. The summed E-state index contributed by atoms with van der Waals surface area (Å²) in [5.41, 5.74) is 5.95. The lowest BCUT2D eigenvalue weighted by Crippen LogP contribution is -2.09. The van der Waals surface area contributed by atoms with Crippen LogP contribution >= 0.6 is 0 Å². The van der Waals surface area contributed by atoms with Crippen molar-refractivity contribution in [3.05, 3.63) is 58.9 Å². The van der Waals surface area contributed by atoms with Gasteiger partial charge in [-0.1, -0.05) is 0 Å². The van der Waals surface area contributed by atoms with Crippen LogP contribution in [0.15, 0.2) is 30.6 Å². The Kier molecular flexibility index (Phi) is 2.94. The predicted molar refractivity (Wildman–Crippen MR) is 75.0 cm³/mol. The Morgan fingerprint density at radius 1 is 1.33 bits per heavy atom. The summed E-state index contributed by atoms with van der Waals surface area (Å²) in [6.45, 7) is 1.81. The molecule has 0 atom stereocenters. The minimum absolute atomic E-state index is 0.157. The molecule has 0 radical (unpaired) electrons. The van der Waals surface area contributed by atoms with Gasteiger partial charge in [0.05, 0.1) is 11.3 Å². The lowest BCUT2D eigenvalue weighted by molar-refractivity contribution is 0.103. The SMILES string of the molecule is Cc1cnc2[nH]cc(C(=O)c3c(F)ccc(N)c3F)c2c1. The zero-order valence-corrected chi connectivity index (χ0v) is 11.1. The maximum atomic E-state index is 14.0. The van der Waals surface area contributed by atoms with Gasteiger partial charge in [-0.3, -0.25) is 4.79 Å². The second-order valence-corrected chi connectivity index (χ2v) is 4.77. The Hall–Kier alpha value is -2.76. The average Bonchev–Trinajstić information content (AvgIpc) is 2.86. The molecule has 3 aromatic rings. The smallest absolute Gasteiger partial charge is 0.201 e. The van der Waals surface area contributed by atoms with E-state index in [-0.39, 0.29) is 11.3 Å². The van der Waals surface area contributed by atoms with Crippen LogP contribution in [0.5, 0.6) is 0 Å². The molecule has 3 rings (SSSR count). The number of hydrogen-bond acceptors (Lipinski definition) is 3. The van der Waals surface area contributed by atoms with E-state index in [1.807, 2.05) is 6.92 Å². The van der Waals surface area contributed by atoms with Crippen molar-refractivity contribution in [2.75, 3.05) is 5.73 Å². The van der Waals surface area contributed by atoms with E-state index in [4.69, 9.17) is 5.73 Å². The summed E-state index contributed by atoms with van der Waals surface area (Å²) in [4.78, 5) is 19.4. The van der Waals surface area contributed by atoms with Gasteiger partial charge in [0, 0.05) is 23.3 Å². The Bertz CT molecular complexity index is 871. The van der Waals surface area contributed by atoms with Crippen molar-refractivity contribution in [1.82, 2.24) is 9.97 Å². The summed E-state index contributed by atoms with van der Waals surface area (Å²) >= 11 is 0. The highest BCUT2D eigenvalue weighted by atomic mass is 19.1. The maximum absolute atomic E-state index is 14.0. The third-order valence-corrected chi connectivity index (χ3v) is 3.26. The molecule has 0 aliphatic heterocycles. The van der Waals surface area contributed by atoms with Crippen molar-refractivity contribution in [3.63, 3.8) is 0 Å². The number of nitrogens with zero attached hydrogens (tertiary/aromatic N) is 1. The first-order valence-corrected chi connectivity index (χ1v) is 6.21. The van der Waals surface area contributed by atoms with Gasteiger partial charge in [0.1, 0.15) is 11.5 Å². The average molecular weight is 287 g/mol. The van der Waals surface area contributed by atoms with Crippen molar-refractivity contribution in [2.45, 2.75) is 6.92 Å². The number of nitrogens with one attached hydrogen (secondary N) is 1. The molecule has 0 saturated heterocycles. The standard InChI is InChI=1S/C15H11F2N3O/c1-7-4-8-9(6-20-15(8)19-5-7)14(21)12-10(16)2-3-11(18)13(12)17/h2-6H,18H2,1H3,(H,19,20). The molecule has 21 heavy (non-hydrogen) atoms. The number of ketones is 1. The largest absolute Gasteiger partial charge is 0.396 e. The summed E-state index contributed by atoms with van der Waals surface area (Å²) in [7, 11) is 0. The lowest BCUT2D eigenvalue weighted by atomic mass is 10.0. The molecule has 4 nitrogen and oxygen atoms in total. The summed E-state index contributed by atoms with van der Waals surface area (Å²) in [6, 6.07) is 3.79. The van der Waals surface area contributed by atoms with Crippen molar-refractivity contribution in [1.29, 1.82) is 0 Å². The normalized spacial score (nSPS) is 11.0. The summed E-state index contributed by atoms with van der Waals surface area (Å²) < 4.78 is 27.8. The zero-order valence-electron chi connectivity index (χ0n) is 11.1. The van der Waals surface area contributed by atoms with E-state index in [2.05, 4.69) is 9.97 Å². The lowest BCUT2D eigenvalue weighted by Gasteiger charge is -2.05. The molecule has 0 bridgehead atoms. The fourth-order valence-electron chi connectivity index (χ4n) is 2.21. The van der Waals surface area contributed by atoms with E-state index < -0.39 is 23.0 Å². The molecule has 2 aromatic heterocycles. The summed E-state index contributed by atoms with van der Waals surface area (Å²) in [6.07, 6.45) is 3.02. The van der Waals surface area contributed by atoms with E-state index in [0.29, 0.717) is 11.0 Å². The number of nitrogens with two attached hydrogens (primary N) is 1. The second-order valence-electron chi connectivity index (χ2n) is 4.77. The first-order valence-electron chi connectivity index (χ1n) is 6.21. The van der Waals surface area contributed by atoms with Crippen LogP contribution in [0.25, 0.3) is 11.0 Å². The molecular weight excluding hydrogens is 276 g/mol. The van der Waals surface area contributed by atoms with Crippen molar-refractivity contribution < 1.29 is 13.6 Å². The van der Waals surface area contributed by atoms with E-state index >= 15 is 0 Å². The van der Waals surface area contributed by atoms with Crippen LogP contribution in [-0.2, 0) is 0 Å². The van der Waals surface area contributed by atoms with Gasteiger partial charge < -0.3 is 10.7 Å². The van der Waals surface area contributed by atoms with E-state index in [9.17, 15) is 13.6 Å². The van der Waals surface area contributed by atoms with Gasteiger partial charge >= 0.3 is 0 Å². The van der Waals surface area contributed by atoms with Crippen molar-refractivity contribution in [3.8, 4) is 0 Å². The molecule has 3 N–H and O–H groups in total. The van der Waals surface area contributed by atoms with Gasteiger partial charge in [-0.05, 0) is 30.7 Å². The van der Waals surface area contributed by atoms with Gasteiger partial charge in [-0.2, -0.15) is 0 Å². The summed E-state index contributed by atoms with van der Waals surface area (Å²) in [5, 5.41) is 0.515. The number of aromatic amines is 1. The number of pyridine rings is 1. The van der Waals surface area contributed by atoms with Crippen LogP contribution in [0, 0.1) is 18.6 Å². The summed E-state index contributed by atoms with van der Waals surface area (Å²) in [5.74, 6) is -2.76. The Labute approximate surface area is 118 Å². The molecule has 2 heterocycles. The Morgan fingerprint density at radius 3 is 2.86 bits per heavy atom. The number of rotatable bonds is 2. The van der Waals surface area contributed by atoms with Gasteiger partial charge in [0.2, 0.25) is 5.78 Å². The number of nitrogen functional groups attached to an aromatic ring is 1. The third-order valence-electron chi connectivity index (χ3n) is 3.26. The maximum Gasteiger partial charge on any atom is 0.201 e. The molecular formula is C15H11F2N3O. The number of benzene rings is 1. The van der Waals surface area contributed by atoms with Crippen LogP contribution in [0.4, 0.5) is 14.5 Å². The minimum atomic E-state index is -1.05. The monoisotopic (exact) mass is 287 g/mol. The van der Waals surface area contributed by atoms with Gasteiger partial charge in [0.15, 0.2) is 5.82 Å². The second kappa shape index (κ2) is 4.66. The predicted octanol–water partition coefficient (Wildman–Crippen LogP) is 2.96. The molecule has 1 aromatic carbocycles. The highest BCUT2D eigenvalue weighted by molar-refractivity contribution is 6.16. The number of carbonyl (C=O) groups excluding carboxylic acids is 1. The molecule has 6 heteroatoms. The first-order chi connectivity index (χ1) is 9.99. The van der Waals surface area contributed by atoms with E-state index in [1.165, 1.54) is 6.20 Å². The highest BCUT2D eigenvalue weighted by Crippen LogP contribution is 2.25. The number of halogens is 2. The molecule has 0 aliphatic rings. The molecule has 0 amide bonds. The van der Waals surface area contributed by atoms with Crippen LogP contribution in [0.2, 0.25) is 0 Å². The molecule has 106 valence electrons. The molecule has 0 aliphatic carbocycles. The topological polar surface area (TPSA) is 71.8 Å². The van der Waals surface area contributed by atoms with Gasteiger partial charge in [0.25, 0.3) is 0 Å². The quantitative estimate of drug-likeness (QED) is 0.562. The zero-order chi connectivity index (χ0) is 15.1. The molecule has 0 saturated carbocycles. The molecule has 0 unspecified atom stereocenters. The van der Waals surface area contributed by atoms with Crippen LogP contribution in [0.3, 0.4) is 0 Å². The first kappa shape index (κ1) is 13.2. The van der Waals surface area contributed by atoms with E-state index in [1.54, 1.807) is 12.3 Å². The van der Waals surface area contributed by atoms with Crippen molar-refractivity contribution >= 4 is 22.5 Å². The van der Waals surface area contributed by atoms with Crippen LogP contribution < -0.4 is 5.73 Å². The Morgan fingerprint density at radius 2 is 2.10 bits per heavy atom. The van der Waals surface area contributed by atoms with E-state index in [0.717, 1.165) is 17.7 Å². The number of aryl methyl sites for hydroxylation is 1. The fraction of sp³-hybridized carbons (Fsp3) is 0.0667.